The van der Waals surface area contributed by atoms with Gasteiger partial charge in [0, 0.05) is 68.8 Å². The highest BCUT2D eigenvalue weighted by Gasteiger charge is 2.20. The van der Waals surface area contributed by atoms with E-state index in [-0.39, 0.29) is 18.0 Å². The molecule has 3 N–H and O–H groups in total. The number of aliphatic hydroxyl groups excluding tert-OH is 1. The molecule has 11 nitrogen and oxygen atoms in total. The number of rotatable bonds is 11. The number of amides is 2. The molecule has 4 aromatic rings. The molecule has 2 aromatic carbocycles. The van der Waals surface area contributed by atoms with Gasteiger partial charge in [-0.2, -0.15) is 0 Å². The predicted molar refractivity (Wildman–Crippen MR) is 158 cm³/mol. The molecule has 0 bridgehead atoms. The zero-order chi connectivity index (χ0) is 29.5. The number of hydrogen-bond donors (Lipinski definition) is 3. The van der Waals surface area contributed by atoms with E-state index in [2.05, 4.69) is 20.5 Å². The number of fused-ring (bicyclic) bond motifs is 1. The molecule has 11 heteroatoms. The number of nitrogens with one attached hydrogen (secondary N) is 2. The third-order valence-electron chi connectivity index (χ3n) is 6.95. The Morgan fingerprint density at radius 2 is 1.90 bits per heavy atom. The highest BCUT2D eigenvalue weighted by Crippen LogP contribution is 2.36. The van der Waals surface area contributed by atoms with Gasteiger partial charge in [-0.1, -0.05) is 12.1 Å². The summed E-state index contributed by atoms with van der Waals surface area (Å²) in [5.74, 6) is 1.37. The SMILES string of the molecule is CCOCCOc1cc2c(ccn2C(=O)NC)cc1Oc1ccnc(NC(=O)c2ccc(CN3CC[C@H](O)C3)cc2)c1. The number of likely N-dealkylation sites (tertiary alicyclic amines) is 1. The summed E-state index contributed by atoms with van der Waals surface area (Å²) in [6.07, 6.45) is 3.76. The molecule has 5 rings (SSSR count). The first-order chi connectivity index (χ1) is 20.4. The minimum absolute atomic E-state index is 0.263. The fourth-order valence-corrected chi connectivity index (χ4v) is 4.82. The lowest BCUT2D eigenvalue weighted by Gasteiger charge is -2.15. The van der Waals surface area contributed by atoms with Gasteiger partial charge >= 0.3 is 6.03 Å². The van der Waals surface area contributed by atoms with Crippen LogP contribution in [0.3, 0.4) is 0 Å². The number of hydrogen-bond acceptors (Lipinski definition) is 8. The van der Waals surface area contributed by atoms with E-state index in [4.69, 9.17) is 14.2 Å². The Kier molecular flexibility index (Phi) is 9.32. The van der Waals surface area contributed by atoms with Crippen LogP contribution in [0.2, 0.25) is 0 Å². The van der Waals surface area contributed by atoms with Crippen LogP contribution < -0.4 is 20.1 Å². The summed E-state index contributed by atoms with van der Waals surface area (Å²) >= 11 is 0. The third-order valence-corrected chi connectivity index (χ3v) is 6.95. The van der Waals surface area contributed by atoms with Crippen LogP contribution in [-0.4, -0.2) is 77.6 Å². The molecular weight excluding hydrogens is 538 g/mol. The van der Waals surface area contributed by atoms with Gasteiger partial charge in [-0.05, 0) is 49.2 Å². The van der Waals surface area contributed by atoms with Gasteiger partial charge in [0.15, 0.2) is 11.5 Å². The molecule has 1 saturated heterocycles. The molecule has 0 radical (unpaired) electrons. The molecule has 0 spiro atoms. The van der Waals surface area contributed by atoms with Crippen molar-refractivity contribution in [3.8, 4) is 17.2 Å². The average Bonchev–Trinajstić information content (AvgIpc) is 3.60. The van der Waals surface area contributed by atoms with E-state index in [0.29, 0.717) is 60.5 Å². The summed E-state index contributed by atoms with van der Waals surface area (Å²) in [6, 6.07) is 15.8. The van der Waals surface area contributed by atoms with Gasteiger partial charge in [0.25, 0.3) is 5.91 Å². The summed E-state index contributed by atoms with van der Waals surface area (Å²) in [5, 5.41) is 16.0. The molecule has 2 amide bonds. The Labute approximate surface area is 244 Å². The highest BCUT2D eigenvalue weighted by molar-refractivity contribution is 6.03. The minimum atomic E-state index is -0.292. The lowest BCUT2D eigenvalue weighted by Crippen LogP contribution is -2.23. The number of carbonyl (C=O) groups is 2. The van der Waals surface area contributed by atoms with E-state index in [1.807, 2.05) is 25.1 Å². The number of anilines is 1. The first-order valence-corrected chi connectivity index (χ1v) is 14.0. The number of carbonyl (C=O) groups excluding carboxylic acids is 2. The number of ether oxygens (including phenoxy) is 3. The Bertz CT molecular complexity index is 1540. The lowest BCUT2D eigenvalue weighted by molar-refractivity contribution is 0.102. The second kappa shape index (κ2) is 13.5. The van der Waals surface area contributed by atoms with Gasteiger partial charge in [-0.15, -0.1) is 0 Å². The van der Waals surface area contributed by atoms with Gasteiger partial charge in [0.05, 0.1) is 18.2 Å². The van der Waals surface area contributed by atoms with Crippen molar-refractivity contribution in [3.05, 3.63) is 78.1 Å². The molecule has 1 aliphatic heterocycles. The van der Waals surface area contributed by atoms with Crippen LogP contribution >= 0.6 is 0 Å². The van der Waals surface area contributed by atoms with E-state index in [9.17, 15) is 14.7 Å². The second-order valence-corrected chi connectivity index (χ2v) is 9.95. The number of aromatic nitrogens is 2. The molecule has 220 valence electrons. The molecule has 0 saturated carbocycles. The molecule has 3 heterocycles. The van der Waals surface area contributed by atoms with Crippen LogP contribution in [0.25, 0.3) is 10.9 Å². The maximum absolute atomic E-state index is 12.9. The topological polar surface area (TPSA) is 127 Å². The van der Waals surface area contributed by atoms with Gasteiger partial charge in [-0.3, -0.25) is 14.3 Å². The van der Waals surface area contributed by atoms with E-state index < -0.39 is 0 Å². The van der Waals surface area contributed by atoms with Crippen LogP contribution in [0.4, 0.5) is 10.6 Å². The maximum Gasteiger partial charge on any atom is 0.325 e. The first-order valence-electron chi connectivity index (χ1n) is 14.0. The fraction of sp³-hybridized carbons (Fsp3) is 0.323. The molecule has 0 unspecified atom stereocenters. The first kappa shape index (κ1) is 29.1. The van der Waals surface area contributed by atoms with Gasteiger partial charge in [0.1, 0.15) is 18.2 Å². The summed E-state index contributed by atoms with van der Waals surface area (Å²) < 4.78 is 19.1. The van der Waals surface area contributed by atoms with E-state index in [1.165, 1.54) is 4.57 Å². The minimum Gasteiger partial charge on any atom is -0.487 e. The largest absolute Gasteiger partial charge is 0.487 e. The smallest absolute Gasteiger partial charge is 0.325 e. The Morgan fingerprint density at radius 1 is 1.07 bits per heavy atom. The van der Waals surface area contributed by atoms with Crippen molar-refractivity contribution >= 4 is 28.7 Å². The third kappa shape index (κ3) is 7.06. The molecule has 1 fully saturated rings. The summed E-state index contributed by atoms with van der Waals surface area (Å²) in [7, 11) is 1.57. The fourth-order valence-electron chi connectivity index (χ4n) is 4.82. The van der Waals surface area contributed by atoms with Crippen LogP contribution in [0.15, 0.2) is 67.0 Å². The monoisotopic (exact) mass is 573 g/mol. The summed E-state index contributed by atoms with van der Waals surface area (Å²) in [4.78, 5) is 31.7. The zero-order valence-electron chi connectivity index (χ0n) is 23.7. The number of nitrogens with zero attached hydrogens (tertiary/aromatic N) is 3. The van der Waals surface area contributed by atoms with Crippen LogP contribution in [0.1, 0.15) is 29.3 Å². The van der Waals surface area contributed by atoms with E-state index in [0.717, 1.165) is 30.5 Å². The molecular formula is C31H35N5O6. The summed E-state index contributed by atoms with van der Waals surface area (Å²) in [6.45, 7) is 5.46. The van der Waals surface area contributed by atoms with Gasteiger partial charge in [0.2, 0.25) is 0 Å². The van der Waals surface area contributed by atoms with Crippen molar-refractivity contribution in [1.82, 2.24) is 19.8 Å². The maximum atomic E-state index is 12.9. The van der Waals surface area contributed by atoms with Crippen molar-refractivity contribution in [2.24, 2.45) is 0 Å². The van der Waals surface area contributed by atoms with Crippen molar-refractivity contribution in [3.63, 3.8) is 0 Å². The average molecular weight is 574 g/mol. The molecule has 1 atom stereocenters. The summed E-state index contributed by atoms with van der Waals surface area (Å²) in [5.41, 5.74) is 2.25. The quantitative estimate of drug-likeness (QED) is 0.227. The van der Waals surface area contributed by atoms with Crippen molar-refractivity contribution in [1.29, 1.82) is 0 Å². The van der Waals surface area contributed by atoms with Crippen molar-refractivity contribution < 1.29 is 28.9 Å². The van der Waals surface area contributed by atoms with E-state index in [1.54, 1.807) is 55.8 Å². The molecule has 0 aliphatic carbocycles. The normalized spacial score (nSPS) is 15.1. The zero-order valence-corrected chi connectivity index (χ0v) is 23.7. The standard InChI is InChI=1S/C31H35N5O6/c1-3-40-14-15-41-27-18-26-23(9-13-36(26)31(39)32-2)16-28(27)42-25-8-11-33-29(17-25)34-30(38)22-6-4-21(5-7-22)19-35-12-10-24(37)20-35/h4-9,11,13,16-18,24,37H,3,10,12,14-15,19-20H2,1-2H3,(H,32,39)(H,33,34,38)/t24-/m0/s1. The molecule has 1 aliphatic rings. The van der Waals surface area contributed by atoms with E-state index >= 15 is 0 Å². The number of pyridine rings is 1. The number of aliphatic hydroxyl groups is 1. The van der Waals surface area contributed by atoms with Crippen molar-refractivity contribution in [2.45, 2.75) is 26.0 Å². The Balaban J connectivity index is 1.29. The second-order valence-electron chi connectivity index (χ2n) is 9.95. The molecule has 42 heavy (non-hydrogen) atoms. The van der Waals surface area contributed by atoms with Gasteiger partial charge in [-0.25, -0.2) is 9.78 Å². The van der Waals surface area contributed by atoms with Crippen molar-refractivity contribution in [2.75, 3.05) is 45.3 Å². The van der Waals surface area contributed by atoms with Gasteiger partial charge < -0.3 is 30.0 Å². The van der Waals surface area contributed by atoms with Crippen LogP contribution in [0, 0.1) is 0 Å². The molecule has 2 aromatic heterocycles. The Hall–Kier alpha value is -4.45. The Morgan fingerprint density at radius 3 is 2.64 bits per heavy atom. The number of β-amino-alcohol motifs (C(OH)–C–C–N with tert-alkyl or cyclic N) is 1. The van der Waals surface area contributed by atoms with Crippen LogP contribution in [0.5, 0.6) is 17.2 Å². The number of benzene rings is 2. The lowest BCUT2D eigenvalue weighted by atomic mass is 10.1. The predicted octanol–water partition coefficient (Wildman–Crippen LogP) is 4.25. The highest BCUT2D eigenvalue weighted by atomic mass is 16.5. The van der Waals surface area contributed by atoms with Crippen LogP contribution in [-0.2, 0) is 11.3 Å².